The normalized spacial score (nSPS) is 20.2. The fourth-order valence-corrected chi connectivity index (χ4v) is 2.49. The lowest BCUT2D eigenvalue weighted by Crippen LogP contribution is -2.43. The summed E-state index contributed by atoms with van der Waals surface area (Å²) in [7, 11) is 1.77. The Hall–Kier alpha value is -1.63. The summed E-state index contributed by atoms with van der Waals surface area (Å²) in [5.74, 6) is 1.01. The maximum Gasteiger partial charge on any atom is 0.406 e. The number of hydrogen-bond acceptors (Lipinski definition) is 5. The Balaban J connectivity index is 2.44. The van der Waals surface area contributed by atoms with Crippen LogP contribution in [-0.4, -0.2) is 38.8 Å². The van der Waals surface area contributed by atoms with Crippen molar-refractivity contribution in [3.05, 3.63) is 15.9 Å². The number of imidazole rings is 1. The topological polar surface area (TPSA) is 84.4 Å². The van der Waals surface area contributed by atoms with Gasteiger partial charge in [0.15, 0.2) is 0 Å². The fourth-order valence-electron chi connectivity index (χ4n) is 2.49. The van der Waals surface area contributed by atoms with Crippen molar-refractivity contribution in [3.63, 3.8) is 0 Å². The number of aryl methyl sites for hydroxylation is 1. The maximum absolute atomic E-state index is 11.1. The van der Waals surface area contributed by atoms with E-state index in [9.17, 15) is 15.2 Å². The van der Waals surface area contributed by atoms with Crippen molar-refractivity contribution in [2.45, 2.75) is 32.2 Å². The van der Waals surface area contributed by atoms with Crippen molar-refractivity contribution >= 4 is 11.6 Å². The van der Waals surface area contributed by atoms with Crippen molar-refractivity contribution in [2.75, 3.05) is 18.1 Å². The maximum atomic E-state index is 11.1. The second-order valence-electron chi connectivity index (χ2n) is 4.65. The van der Waals surface area contributed by atoms with E-state index in [0.717, 1.165) is 25.8 Å². The van der Waals surface area contributed by atoms with Gasteiger partial charge in [0, 0.05) is 20.5 Å². The molecule has 2 rings (SSSR count). The van der Waals surface area contributed by atoms with Crippen LogP contribution in [0.4, 0.5) is 11.6 Å². The van der Waals surface area contributed by atoms with E-state index in [0.29, 0.717) is 11.6 Å². The van der Waals surface area contributed by atoms with Gasteiger partial charge >= 0.3 is 5.82 Å². The molecule has 100 valence electrons. The number of nitro groups is 1. The summed E-state index contributed by atoms with van der Waals surface area (Å²) in [6, 6.07) is -0.0488. The third-order valence-corrected chi connectivity index (χ3v) is 3.55. The molecule has 1 aromatic rings. The molecule has 0 radical (unpaired) electrons. The second kappa shape index (κ2) is 4.93. The number of nitrogens with zero attached hydrogens (tertiary/aromatic N) is 4. The van der Waals surface area contributed by atoms with Crippen LogP contribution in [0.2, 0.25) is 0 Å². The van der Waals surface area contributed by atoms with Gasteiger partial charge in [0.1, 0.15) is 0 Å². The van der Waals surface area contributed by atoms with Gasteiger partial charge in [-0.25, -0.2) is 0 Å². The standard InChI is InChI=1S/C11H18N4O3/c1-8-12-10(15(17)18)11(13(8)2)14-6-4-3-5-9(14)7-16/h9,16H,3-7H2,1-2H3. The summed E-state index contributed by atoms with van der Waals surface area (Å²) in [6.07, 6.45) is 2.89. The van der Waals surface area contributed by atoms with Crippen LogP contribution in [0.25, 0.3) is 0 Å². The summed E-state index contributed by atoms with van der Waals surface area (Å²) in [5.41, 5.74) is 0. The molecular formula is C11H18N4O3. The van der Waals surface area contributed by atoms with Gasteiger partial charge in [0.05, 0.1) is 12.6 Å². The van der Waals surface area contributed by atoms with Gasteiger partial charge in [-0.1, -0.05) is 0 Å². The number of piperidine rings is 1. The third-order valence-electron chi connectivity index (χ3n) is 3.55. The predicted molar refractivity (Wildman–Crippen MR) is 66.7 cm³/mol. The van der Waals surface area contributed by atoms with Crippen molar-refractivity contribution in [1.82, 2.24) is 9.55 Å². The SMILES string of the molecule is Cc1nc([N+](=O)[O-])c(N2CCCCC2CO)n1C. The summed E-state index contributed by atoms with van der Waals surface area (Å²) >= 11 is 0. The molecule has 0 aromatic carbocycles. The smallest absolute Gasteiger partial charge is 0.394 e. The van der Waals surface area contributed by atoms with E-state index in [1.165, 1.54) is 0 Å². The molecule has 1 aliphatic heterocycles. The number of aromatic nitrogens is 2. The van der Waals surface area contributed by atoms with Crippen molar-refractivity contribution < 1.29 is 10.0 Å². The molecule has 0 saturated carbocycles. The third kappa shape index (κ3) is 2.05. The lowest BCUT2D eigenvalue weighted by molar-refractivity contribution is -0.388. The summed E-state index contributed by atoms with van der Waals surface area (Å²) in [4.78, 5) is 16.5. The Bertz CT molecular complexity index is 457. The zero-order valence-corrected chi connectivity index (χ0v) is 10.7. The molecule has 1 aliphatic rings. The molecule has 0 amide bonds. The molecule has 1 saturated heterocycles. The quantitative estimate of drug-likeness (QED) is 0.642. The Morgan fingerprint density at radius 2 is 2.28 bits per heavy atom. The van der Waals surface area contributed by atoms with Crippen molar-refractivity contribution in [2.24, 2.45) is 7.05 Å². The van der Waals surface area contributed by atoms with E-state index < -0.39 is 4.92 Å². The predicted octanol–water partition coefficient (Wildman–Crippen LogP) is 0.988. The molecule has 0 bridgehead atoms. The van der Waals surface area contributed by atoms with E-state index in [4.69, 9.17) is 0 Å². The Morgan fingerprint density at radius 3 is 2.89 bits per heavy atom. The first-order valence-electron chi connectivity index (χ1n) is 6.11. The molecule has 0 aliphatic carbocycles. The number of aliphatic hydroxyl groups excluding tert-OH is 1. The van der Waals surface area contributed by atoms with Crippen LogP contribution in [0.1, 0.15) is 25.1 Å². The Morgan fingerprint density at radius 1 is 1.56 bits per heavy atom. The molecule has 1 N–H and O–H groups in total. The zero-order valence-electron chi connectivity index (χ0n) is 10.7. The van der Waals surface area contributed by atoms with Crippen LogP contribution < -0.4 is 4.90 Å². The molecule has 18 heavy (non-hydrogen) atoms. The monoisotopic (exact) mass is 254 g/mol. The Labute approximate surface area is 105 Å². The minimum Gasteiger partial charge on any atom is -0.394 e. The summed E-state index contributed by atoms with van der Waals surface area (Å²) < 4.78 is 1.73. The number of anilines is 1. The first-order chi connectivity index (χ1) is 8.56. The minimum absolute atomic E-state index is 0.0153. The Kier molecular flexibility index (Phi) is 3.51. The average molecular weight is 254 g/mol. The fraction of sp³-hybridized carbons (Fsp3) is 0.727. The van der Waals surface area contributed by atoms with Gasteiger partial charge in [-0.05, 0) is 29.2 Å². The zero-order chi connectivity index (χ0) is 13.3. The van der Waals surface area contributed by atoms with Crippen molar-refractivity contribution in [1.29, 1.82) is 0 Å². The van der Waals surface area contributed by atoms with E-state index in [-0.39, 0.29) is 18.5 Å². The summed E-state index contributed by atoms with van der Waals surface area (Å²) in [6.45, 7) is 2.49. The van der Waals surface area contributed by atoms with Crippen LogP contribution in [0.5, 0.6) is 0 Å². The highest BCUT2D eigenvalue weighted by Crippen LogP contribution is 2.32. The van der Waals surface area contributed by atoms with E-state index in [2.05, 4.69) is 4.98 Å². The molecular weight excluding hydrogens is 236 g/mol. The molecule has 1 unspecified atom stereocenters. The first kappa shape index (κ1) is 12.8. The second-order valence-corrected chi connectivity index (χ2v) is 4.65. The minimum atomic E-state index is -0.453. The van der Waals surface area contributed by atoms with Crippen LogP contribution in [0.3, 0.4) is 0 Å². The highest BCUT2D eigenvalue weighted by atomic mass is 16.6. The van der Waals surface area contributed by atoms with Gasteiger partial charge < -0.3 is 20.1 Å². The van der Waals surface area contributed by atoms with Gasteiger partial charge in [0.25, 0.3) is 0 Å². The van der Waals surface area contributed by atoms with Crippen LogP contribution in [0, 0.1) is 17.0 Å². The lowest BCUT2D eigenvalue weighted by Gasteiger charge is -2.35. The van der Waals surface area contributed by atoms with Crippen LogP contribution in [-0.2, 0) is 7.05 Å². The lowest BCUT2D eigenvalue weighted by atomic mass is 10.0. The molecule has 1 atom stereocenters. The van der Waals surface area contributed by atoms with Gasteiger partial charge in [-0.3, -0.25) is 4.57 Å². The highest BCUT2D eigenvalue weighted by molar-refractivity contribution is 5.57. The first-order valence-corrected chi connectivity index (χ1v) is 6.11. The number of hydrogen-bond donors (Lipinski definition) is 1. The summed E-state index contributed by atoms with van der Waals surface area (Å²) in [5, 5.41) is 20.5. The van der Waals surface area contributed by atoms with Gasteiger partial charge in [-0.2, -0.15) is 0 Å². The highest BCUT2D eigenvalue weighted by Gasteiger charge is 2.33. The van der Waals surface area contributed by atoms with E-state index in [1.54, 1.807) is 18.5 Å². The van der Waals surface area contributed by atoms with E-state index >= 15 is 0 Å². The molecule has 7 heteroatoms. The van der Waals surface area contributed by atoms with Crippen molar-refractivity contribution in [3.8, 4) is 0 Å². The average Bonchev–Trinajstić information content (AvgIpc) is 2.66. The largest absolute Gasteiger partial charge is 0.406 e. The van der Waals surface area contributed by atoms with Gasteiger partial charge in [-0.15, -0.1) is 0 Å². The molecule has 7 nitrogen and oxygen atoms in total. The molecule has 0 spiro atoms. The number of rotatable bonds is 3. The van der Waals surface area contributed by atoms with Crippen LogP contribution >= 0.6 is 0 Å². The van der Waals surface area contributed by atoms with Crippen LogP contribution in [0.15, 0.2) is 0 Å². The molecule has 1 fully saturated rings. The molecule has 1 aromatic heterocycles. The number of aliphatic hydroxyl groups is 1. The molecule has 2 heterocycles. The van der Waals surface area contributed by atoms with E-state index in [1.807, 2.05) is 4.90 Å². The van der Waals surface area contributed by atoms with Gasteiger partial charge in [0.2, 0.25) is 11.6 Å².